The van der Waals surface area contributed by atoms with Crippen molar-refractivity contribution in [2.45, 2.75) is 33.2 Å². The molecule has 0 spiro atoms. The van der Waals surface area contributed by atoms with Gasteiger partial charge in [-0.3, -0.25) is 14.4 Å². The number of benzene rings is 1. The molecule has 1 aromatic rings. The Morgan fingerprint density at radius 2 is 1.59 bits per heavy atom. The van der Waals surface area contributed by atoms with Crippen molar-refractivity contribution < 1.29 is 14.4 Å². The van der Waals surface area contributed by atoms with Gasteiger partial charge in [0, 0.05) is 31.7 Å². The maximum absolute atomic E-state index is 12.6. The van der Waals surface area contributed by atoms with E-state index in [1.54, 1.807) is 9.80 Å². The van der Waals surface area contributed by atoms with Crippen molar-refractivity contribution >= 4 is 17.7 Å². The number of nitrogens with two attached hydrogens (primary N) is 1. The molecule has 1 aromatic carbocycles. The van der Waals surface area contributed by atoms with Crippen LogP contribution in [0.1, 0.15) is 36.7 Å². The van der Waals surface area contributed by atoms with Crippen molar-refractivity contribution in [3.63, 3.8) is 0 Å². The summed E-state index contributed by atoms with van der Waals surface area (Å²) in [6, 6.07) is 7.03. The molecule has 0 unspecified atom stereocenters. The van der Waals surface area contributed by atoms with E-state index >= 15 is 0 Å². The molecular formula is C20H30N4O3. The highest BCUT2D eigenvalue weighted by Gasteiger charge is 2.25. The van der Waals surface area contributed by atoms with Crippen molar-refractivity contribution in [2.24, 2.45) is 11.7 Å². The van der Waals surface area contributed by atoms with Crippen molar-refractivity contribution in [2.75, 3.05) is 32.7 Å². The van der Waals surface area contributed by atoms with Gasteiger partial charge in [-0.1, -0.05) is 32.9 Å². The lowest BCUT2D eigenvalue weighted by Crippen LogP contribution is -2.53. The van der Waals surface area contributed by atoms with Gasteiger partial charge in [0.2, 0.25) is 11.8 Å². The molecule has 0 radical (unpaired) electrons. The number of piperazine rings is 1. The number of nitrogens with zero attached hydrogens (tertiary/aromatic N) is 2. The Bertz CT molecular complexity index is 664. The summed E-state index contributed by atoms with van der Waals surface area (Å²) in [7, 11) is 0. The summed E-state index contributed by atoms with van der Waals surface area (Å²) in [5, 5.41) is 2.60. The van der Waals surface area contributed by atoms with Crippen LogP contribution in [0.25, 0.3) is 0 Å². The minimum Gasteiger partial charge on any atom is -0.346 e. The van der Waals surface area contributed by atoms with Crippen LogP contribution in [0.4, 0.5) is 0 Å². The number of nitrogens with one attached hydrogen (secondary N) is 1. The molecule has 148 valence electrons. The standard InChI is InChI=1S/C20H30N4O3/c1-4-15-5-7-16(8-6-15)20(27)24-11-9-23(10-12-24)17(25)13-22-19(26)18(21)14(2)3/h5-8,14,18H,4,9-13,21H2,1-3H3,(H,22,26)/t18-/m0/s1. The number of aryl methyl sites for hydroxylation is 1. The van der Waals surface area contributed by atoms with Gasteiger partial charge in [-0.25, -0.2) is 0 Å². The Morgan fingerprint density at radius 1 is 1.04 bits per heavy atom. The van der Waals surface area contributed by atoms with Crippen LogP contribution in [0.5, 0.6) is 0 Å². The Labute approximate surface area is 160 Å². The van der Waals surface area contributed by atoms with E-state index in [1.165, 1.54) is 5.56 Å². The van der Waals surface area contributed by atoms with E-state index in [0.717, 1.165) is 6.42 Å². The van der Waals surface area contributed by atoms with Crippen LogP contribution in [0.15, 0.2) is 24.3 Å². The molecule has 3 N–H and O–H groups in total. The molecular weight excluding hydrogens is 344 g/mol. The fourth-order valence-electron chi connectivity index (χ4n) is 2.92. The summed E-state index contributed by atoms with van der Waals surface area (Å²) in [5.74, 6) is -0.469. The second-order valence-corrected chi connectivity index (χ2v) is 7.21. The molecule has 0 aliphatic carbocycles. The Balaban J connectivity index is 1.81. The lowest BCUT2D eigenvalue weighted by atomic mass is 10.1. The lowest BCUT2D eigenvalue weighted by Gasteiger charge is -2.35. The van der Waals surface area contributed by atoms with Gasteiger partial charge in [0.05, 0.1) is 12.6 Å². The van der Waals surface area contributed by atoms with Gasteiger partial charge in [0.1, 0.15) is 0 Å². The zero-order valence-corrected chi connectivity index (χ0v) is 16.4. The molecule has 3 amide bonds. The quantitative estimate of drug-likeness (QED) is 0.763. The van der Waals surface area contributed by atoms with Crippen molar-refractivity contribution in [1.82, 2.24) is 15.1 Å². The van der Waals surface area contributed by atoms with Crippen LogP contribution in [0.2, 0.25) is 0 Å². The van der Waals surface area contributed by atoms with Gasteiger partial charge >= 0.3 is 0 Å². The number of amides is 3. The molecule has 27 heavy (non-hydrogen) atoms. The van der Waals surface area contributed by atoms with Crippen molar-refractivity contribution in [3.05, 3.63) is 35.4 Å². The Kier molecular flexibility index (Phi) is 7.36. The smallest absolute Gasteiger partial charge is 0.253 e. The van der Waals surface area contributed by atoms with Gasteiger partial charge in [-0.15, -0.1) is 0 Å². The molecule has 7 nitrogen and oxygen atoms in total. The van der Waals surface area contributed by atoms with Crippen molar-refractivity contribution in [1.29, 1.82) is 0 Å². The predicted molar refractivity (Wildman–Crippen MR) is 104 cm³/mol. The first-order valence-corrected chi connectivity index (χ1v) is 9.52. The molecule has 2 rings (SSSR count). The molecule has 0 bridgehead atoms. The topological polar surface area (TPSA) is 95.7 Å². The second-order valence-electron chi connectivity index (χ2n) is 7.21. The maximum Gasteiger partial charge on any atom is 0.253 e. The van der Waals surface area contributed by atoms with Gasteiger partial charge in [-0.05, 0) is 30.0 Å². The molecule has 1 fully saturated rings. The molecule has 7 heteroatoms. The first-order chi connectivity index (χ1) is 12.8. The van der Waals surface area contributed by atoms with Gasteiger partial charge in [-0.2, -0.15) is 0 Å². The van der Waals surface area contributed by atoms with E-state index in [4.69, 9.17) is 5.73 Å². The number of carbonyl (C=O) groups is 3. The highest BCUT2D eigenvalue weighted by molar-refractivity contribution is 5.94. The summed E-state index contributed by atoms with van der Waals surface area (Å²) < 4.78 is 0. The average Bonchev–Trinajstić information content (AvgIpc) is 2.70. The van der Waals surface area contributed by atoms with Crippen LogP contribution < -0.4 is 11.1 Å². The average molecular weight is 374 g/mol. The summed E-state index contributed by atoms with van der Waals surface area (Å²) >= 11 is 0. The van der Waals surface area contributed by atoms with Gasteiger partial charge in [0.25, 0.3) is 5.91 Å². The monoisotopic (exact) mass is 374 g/mol. The third-order valence-corrected chi connectivity index (χ3v) is 4.96. The fourth-order valence-corrected chi connectivity index (χ4v) is 2.92. The third-order valence-electron chi connectivity index (χ3n) is 4.96. The summed E-state index contributed by atoms with van der Waals surface area (Å²) in [6.45, 7) is 7.63. The first-order valence-electron chi connectivity index (χ1n) is 9.52. The van der Waals surface area contributed by atoms with Crippen LogP contribution in [-0.4, -0.2) is 66.3 Å². The van der Waals surface area contributed by atoms with Crippen molar-refractivity contribution in [3.8, 4) is 0 Å². The second kappa shape index (κ2) is 9.50. The van der Waals surface area contributed by atoms with Gasteiger partial charge in [0.15, 0.2) is 0 Å². The molecule has 1 saturated heterocycles. The molecule has 1 aliphatic rings. The van der Waals surface area contributed by atoms with Crippen LogP contribution in [-0.2, 0) is 16.0 Å². The lowest BCUT2D eigenvalue weighted by molar-refractivity contribution is -0.134. The van der Waals surface area contributed by atoms with E-state index in [2.05, 4.69) is 12.2 Å². The SMILES string of the molecule is CCc1ccc(C(=O)N2CCN(C(=O)CNC(=O)[C@@H](N)C(C)C)CC2)cc1. The third kappa shape index (κ3) is 5.53. The van der Waals surface area contributed by atoms with Gasteiger partial charge < -0.3 is 20.9 Å². The number of hydrogen-bond donors (Lipinski definition) is 2. The first kappa shape index (κ1) is 20.9. The zero-order chi connectivity index (χ0) is 20.0. The number of hydrogen-bond acceptors (Lipinski definition) is 4. The van der Waals surface area contributed by atoms with E-state index in [1.807, 2.05) is 38.1 Å². The number of rotatable bonds is 6. The summed E-state index contributed by atoms with van der Waals surface area (Å²) in [4.78, 5) is 40.1. The Morgan fingerprint density at radius 3 is 2.11 bits per heavy atom. The van der Waals surface area contributed by atoms with Crippen LogP contribution in [0, 0.1) is 5.92 Å². The minimum absolute atomic E-state index is 0.0130. The molecule has 0 saturated carbocycles. The van der Waals surface area contributed by atoms with E-state index in [9.17, 15) is 14.4 Å². The zero-order valence-electron chi connectivity index (χ0n) is 16.4. The van der Waals surface area contributed by atoms with Crippen LogP contribution >= 0.6 is 0 Å². The van der Waals surface area contributed by atoms with E-state index in [-0.39, 0.29) is 30.2 Å². The molecule has 1 atom stereocenters. The highest BCUT2D eigenvalue weighted by atomic mass is 16.2. The molecule has 1 heterocycles. The largest absolute Gasteiger partial charge is 0.346 e. The predicted octanol–water partition coefficient (Wildman–Crippen LogP) is 0.633. The van der Waals surface area contributed by atoms with Crippen LogP contribution in [0.3, 0.4) is 0 Å². The maximum atomic E-state index is 12.6. The molecule has 0 aromatic heterocycles. The molecule has 1 aliphatic heterocycles. The summed E-state index contributed by atoms with van der Waals surface area (Å²) in [5.41, 5.74) is 7.63. The summed E-state index contributed by atoms with van der Waals surface area (Å²) in [6.07, 6.45) is 0.938. The highest BCUT2D eigenvalue weighted by Crippen LogP contribution is 2.11. The van der Waals surface area contributed by atoms with E-state index < -0.39 is 6.04 Å². The minimum atomic E-state index is -0.619. The normalized spacial score (nSPS) is 15.6. The van der Waals surface area contributed by atoms with E-state index in [0.29, 0.717) is 31.7 Å². The number of carbonyl (C=O) groups excluding carboxylic acids is 3. The Hall–Kier alpha value is -2.41. The fraction of sp³-hybridized carbons (Fsp3) is 0.550.